The Balaban J connectivity index is 2.22. The maximum atomic E-state index is 6.57. The van der Waals surface area contributed by atoms with Gasteiger partial charge in [-0.3, -0.25) is 0 Å². The predicted octanol–water partition coefficient (Wildman–Crippen LogP) is 7.76. The van der Waals surface area contributed by atoms with Crippen molar-refractivity contribution in [3.8, 4) is 16.9 Å². The molecule has 0 radical (unpaired) electrons. The van der Waals surface area contributed by atoms with Crippen molar-refractivity contribution in [2.24, 2.45) is 0 Å². The van der Waals surface area contributed by atoms with E-state index in [1.54, 1.807) is 0 Å². The molecule has 0 amide bonds. The second kappa shape index (κ2) is 6.67. The molecule has 0 fully saturated rings. The Hall–Kier alpha value is -2.80. The highest BCUT2D eigenvalue weighted by atomic mass is 16.5. The molecule has 0 aromatic heterocycles. The quantitative estimate of drug-likeness (QED) is 0.351. The summed E-state index contributed by atoms with van der Waals surface area (Å²) in [5, 5.41) is 5.04. The second-order valence-electron chi connectivity index (χ2n) is 8.75. The van der Waals surface area contributed by atoms with Crippen molar-refractivity contribution in [1.82, 2.24) is 0 Å². The number of rotatable bonds is 2. The van der Waals surface area contributed by atoms with Crippen LogP contribution in [0.2, 0.25) is 0 Å². The van der Waals surface area contributed by atoms with Crippen LogP contribution in [-0.4, -0.2) is 5.60 Å². The maximum Gasteiger partial charge on any atom is 0.131 e. The van der Waals surface area contributed by atoms with Crippen LogP contribution in [-0.2, 0) is 0 Å². The van der Waals surface area contributed by atoms with Crippen LogP contribution in [0.15, 0.2) is 60.7 Å². The highest BCUT2D eigenvalue weighted by Crippen LogP contribution is 2.45. The fourth-order valence-electron chi connectivity index (χ4n) is 4.07. The van der Waals surface area contributed by atoms with E-state index < -0.39 is 0 Å². The third-order valence-corrected chi connectivity index (χ3v) is 5.41. The highest BCUT2D eigenvalue weighted by molar-refractivity contribution is 6.09. The van der Waals surface area contributed by atoms with E-state index in [2.05, 4.69) is 102 Å². The summed E-state index contributed by atoms with van der Waals surface area (Å²) in [6.45, 7) is 12.9. The van der Waals surface area contributed by atoms with Crippen molar-refractivity contribution in [2.45, 2.75) is 47.1 Å². The molecule has 4 rings (SSSR count). The van der Waals surface area contributed by atoms with Gasteiger partial charge in [-0.1, -0.05) is 54.6 Å². The van der Waals surface area contributed by atoms with E-state index in [9.17, 15) is 0 Å². The summed E-state index contributed by atoms with van der Waals surface area (Å²) >= 11 is 0. The standard InChI is InChI=1S/C27H28O/c1-17-15-20-11-7-9-13-22(20)24(19(17)3)25-23-14-10-8-12-21(23)16-18(2)26(25)28-27(4,5)6/h7-16H,1-6H3. The number of ether oxygens (including phenoxy) is 1. The SMILES string of the molecule is Cc1cc2ccccc2c(-c2c(OC(C)(C)C)c(C)cc3ccccc23)c1C. The van der Waals surface area contributed by atoms with Crippen LogP contribution < -0.4 is 4.74 Å². The number of hydrogen-bond acceptors (Lipinski definition) is 1. The van der Waals surface area contributed by atoms with E-state index in [-0.39, 0.29) is 5.60 Å². The van der Waals surface area contributed by atoms with Gasteiger partial charge in [0.1, 0.15) is 11.4 Å². The van der Waals surface area contributed by atoms with Crippen LogP contribution >= 0.6 is 0 Å². The molecule has 28 heavy (non-hydrogen) atoms. The molecule has 4 aromatic rings. The summed E-state index contributed by atoms with van der Waals surface area (Å²) < 4.78 is 6.57. The van der Waals surface area contributed by atoms with E-state index in [4.69, 9.17) is 4.74 Å². The molecule has 1 nitrogen and oxygen atoms in total. The third-order valence-electron chi connectivity index (χ3n) is 5.41. The molecule has 0 aliphatic heterocycles. The van der Waals surface area contributed by atoms with Crippen LogP contribution in [0, 0.1) is 20.8 Å². The second-order valence-corrected chi connectivity index (χ2v) is 8.75. The molecular formula is C27H28O. The van der Waals surface area contributed by atoms with Gasteiger partial charge < -0.3 is 4.74 Å². The Morgan fingerprint density at radius 2 is 1.14 bits per heavy atom. The van der Waals surface area contributed by atoms with Crippen molar-refractivity contribution in [2.75, 3.05) is 0 Å². The predicted molar refractivity (Wildman–Crippen MR) is 121 cm³/mol. The molecule has 0 N–H and O–H groups in total. The molecule has 0 heterocycles. The van der Waals surface area contributed by atoms with Crippen LogP contribution in [0.4, 0.5) is 0 Å². The molecule has 0 aliphatic rings. The van der Waals surface area contributed by atoms with Crippen molar-refractivity contribution in [3.05, 3.63) is 77.4 Å². The van der Waals surface area contributed by atoms with Gasteiger partial charge in [-0.2, -0.15) is 0 Å². The van der Waals surface area contributed by atoms with E-state index in [1.807, 2.05) is 0 Å². The monoisotopic (exact) mass is 368 g/mol. The smallest absolute Gasteiger partial charge is 0.131 e. The first-order valence-electron chi connectivity index (χ1n) is 9.97. The summed E-state index contributed by atoms with van der Waals surface area (Å²) in [4.78, 5) is 0. The normalized spacial score (nSPS) is 11.9. The van der Waals surface area contributed by atoms with E-state index in [1.165, 1.54) is 49.4 Å². The first kappa shape index (κ1) is 18.6. The number of aryl methyl sites for hydroxylation is 2. The Kier molecular flexibility index (Phi) is 4.42. The molecular weight excluding hydrogens is 340 g/mol. The lowest BCUT2D eigenvalue weighted by Crippen LogP contribution is -2.24. The highest BCUT2D eigenvalue weighted by Gasteiger charge is 2.23. The first-order valence-corrected chi connectivity index (χ1v) is 9.97. The van der Waals surface area contributed by atoms with E-state index >= 15 is 0 Å². The average molecular weight is 369 g/mol. The minimum Gasteiger partial charge on any atom is -0.487 e. The summed E-state index contributed by atoms with van der Waals surface area (Å²) in [5.74, 6) is 0.991. The fourth-order valence-corrected chi connectivity index (χ4v) is 4.07. The zero-order chi connectivity index (χ0) is 20.1. The number of hydrogen-bond donors (Lipinski definition) is 0. The lowest BCUT2D eigenvalue weighted by atomic mass is 9.86. The fraction of sp³-hybridized carbons (Fsp3) is 0.259. The Bertz CT molecular complexity index is 1190. The largest absolute Gasteiger partial charge is 0.487 e. The minimum atomic E-state index is -0.268. The molecule has 0 bridgehead atoms. The van der Waals surface area contributed by atoms with Gasteiger partial charge in [0.25, 0.3) is 0 Å². The molecule has 0 spiro atoms. The Morgan fingerprint density at radius 3 is 1.71 bits per heavy atom. The van der Waals surface area contributed by atoms with Crippen LogP contribution in [0.1, 0.15) is 37.5 Å². The minimum absolute atomic E-state index is 0.268. The molecule has 0 unspecified atom stereocenters. The topological polar surface area (TPSA) is 9.23 Å². The lowest BCUT2D eigenvalue weighted by Gasteiger charge is -2.27. The zero-order valence-electron chi connectivity index (χ0n) is 17.7. The van der Waals surface area contributed by atoms with Gasteiger partial charge in [0.05, 0.1) is 0 Å². The van der Waals surface area contributed by atoms with Gasteiger partial charge in [-0.05, 0) is 91.4 Å². The van der Waals surface area contributed by atoms with Gasteiger partial charge in [-0.25, -0.2) is 0 Å². The summed E-state index contributed by atoms with van der Waals surface area (Å²) in [6, 6.07) is 21.8. The first-order chi connectivity index (χ1) is 13.3. The molecule has 0 aliphatic carbocycles. The Morgan fingerprint density at radius 1 is 0.643 bits per heavy atom. The summed E-state index contributed by atoms with van der Waals surface area (Å²) in [6.07, 6.45) is 0. The lowest BCUT2D eigenvalue weighted by molar-refractivity contribution is 0.131. The number of benzene rings is 4. The van der Waals surface area contributed by atoms with Gasteiger partial charge in [-0.15, -0.1) is 0 Å². The zero-order valence-corrected chi connectivity index (χ0v) is 17.7. The summed E-state index contributed by atoms with van der Waals surface area (Å²) in [7, 11) is 0. The van der Waals surface area contributed by atoms with E-state index in [0.717, 1.165) is 5.75 Å². The third kappa shape index (κ3) is 3.16. The molecule has 142 valence electrons. The molecule has 1 heteroatoms. The van der Waals surface area contributed by atoms with Gasteiger partial charge in [0, 0.05) is 5.56 Å². The van der Waals surface area contributed by atoms with Crippen LogP contribution in [0.5, 0.6) is 5.75 Å². The van der Waals surface area contributed by atoms with Crippen LogP contribution in [0.25, 0.3) is 32.7 Å². The average Bonchev–Trinajstić information content (AvgIpc) is 2.63. The van der Waals surface area contributed by atoms with Crippen LogP contribution in [0.3, 0.4) is 0 Å². The Labute approximate surface area is 168 Å². The van der Waals surface area contributed by atoms with Gasteiger partial charge in [0.15, 0.2) is 0 Å². The van der Waals surface area contributed by atoms with Gasteiger partial charge in [0.2, 0.25) is 0 Å². The molecule has 0 saturated heterocycles. The molecule has 0 saturated carbocycles. The van der Waals surface area contributed by atoms with Crippen molar-refractivity contribution in [1.29, 1.82) is 0 Å². The van der Waals surface area contributed by atoms with Gasteiger partial charge >= 0.3 is 0 Å². The van der Waals surface area contributed by atoms with E-state index in [0.29, 0.717) is 0 Å². The maximum absolute atomic E-state index is 6.57. The number of fused-ring (bicyclic) bond motifs is 2. The summed E-state index contributed by atoms with van der Waals surface area (Å²) in [5.41, 5.74) is 6.02. The van der Waals surface area contributed by atoms with Crippen molar-refractivity contribution >= 4 is 21.5 Å². The van der Waals surface area contributed by atoms with Crippen molar-refractivity contribution < 1.29 is 4.74 Å². The molecule has 4 aromatic carbocycles. The van der Waals surface area contributed by atoms with Crippen molar-refractivity contribution in [3.63, 3.8) is 0 Å². The molecule has 0 atom stereocenters.